The van der Waals surface area contributed by atoms with Crippen molar-refractivity contribution in [3.63, 3.8) is 0 Å². The fourth-order valence-corrected chi connectivity index (χ4v) is 1.93. The molecule has 2 aromatic rings. The van der Waals surface area contributed by atoms with E-state index in [1.165, 1.54) is 12.3 Å². The van der Waals surface area contributed by atoms with Crippen LogP contribution in [0.4, 0.5) is 5.69 Å². The maximum Gasteiger partial charge on any atom is 0.329 e. The molecule has 7 heteroatoms. The van der Waals surface area contributed by atoms with Gasteiger partial charge in [0.05, 0.1) is 11.9 Å². The molecule has 0 fully saturated rings. The van der Waals surface area contributed by atoms with Crippen molar-refractivity contribution in [2.45, 2.75) is 0 Å². The van der Waals surface area contributed by atoms with Crippen LogP contribution < -0.4 is 10.7 Å². The number of carbonyl (C=O) groups excluding carboxylic acids is 2. The minimum atomic E-state index is -0.914. The maximum atomic E-state index is 11.7. The predicted molar refractivity (Wildman–Crippen MR) is 86.6 cm³/mol. The third kappa shape index (κ3) is 4.16. The summed E-state index contributed by atoms with van der Waals surface area (Å²) in [6, 6.07) is 13.4. The first kappa shape index (κ1) is 15.7. The number of benzene rings is 2. The van der Waals surface area contributed by atoms with Crippen LogP contribution in [0.1, 0.15) is 5.56 Å². The minimum Gasteiger partial charge on any atom is -0.507 e. The normalized spacial score (nSPS) is 10.4. The van der Waals surface area contributed by atoms with Gasteiger partial charge in [-0.25, -0.2) is 5.43 Å². The summed E-state index contributed by atoms with van der Waals surface area (Å²) in [4.78, 5) is 23.3. The van der Waals surface area contributed by atoms with E-state index in [-0.39, 0.29) is 5.75 Å². The highest BCUT2D eigenvalue weighted by Gasteiger charge is 2.13. The van der Waals surface area contributed by atoms with Crippen LogP contribution in [-0.4, -0.2) is 23.1 Å². The van der Waals surface area contributed by atoms with Crippen LogP contribution >= 0.6 is 15.9 Å². The molecule has 0 heterocycles. The van der Waals surface area contributed by atoms with Crippen molar-refractivity contribution in [3.05, 3.63) is 58.6 Å². The van der Waals surface area contributed by atoms with Gasteiger partial charge in [-0.3, -0.25) is 9.59 Å². The molecule has 2 amide bonds. The van der Waals surface area contributed by atoms with Crippen LogP contribution in [0.5, 0.6) is 5.75 Å². The van der Waals surface area contributed by atoms with E-state index in [0.29, 0.717) is 15.7 Å². The van der Waals surface area contributed by atoms with Crippen molar-refractivity contribution in [3.8, 4) is 5.75 Å². The molecule has 0 saturated carbocycles. The largest absolute Gasteiger partial charge is 0.507 e. The predicted octanol–water partition coefficient (Wildman–Crippen LogP) is 2.24. The number of rotatable bonds is 3. The molecule has 0 spiro atoms. The third-order valence-corrected chi connectivity index (χ3v) is 3.33. The van der Waals surface area contributed by atoms with Crippen molar-refractivity contribution in [1.29, 1.82) is 0 Å². The first-order valence-electron chi connectivity index (χ1n) is 6.25. The number of anilines is 1. The van der Waals surface area contributed by atoms with E-state index in [0.717, 1.165) is 0 Å². The summed E-state index contributed by atoms with van der Waals surface area (Å²) in [5.41, 5.74) is 2.99. The maximum absolute atomic E-state index is 11.7. The lowest BCUT2D eigenvalue weighted by atomic mass is 10.2. The summed E-state index contributed by atoms with van der Waals surface area (Å²) < 4.78 is 0.661. The molecule has 0 bridgehead atoms. The highest BCUT2D eigenvalue weighted by Crippen LogP contribution is 2.20. The Balaban J connectivity index is 1.94. The number of halogens is 1. The number of amides is 2. The number of nitrogens with zero attached hydrogens (tertiary/aromatic N) is 1. The Morgan fingerprint density at radius 3 is 2.45 bits per heavy atom. The lowest BCUT2D eigenvalue weighted by molar-refractivity contribution is -0.136. The molecule has 0 aromatic heterocycles. The van der Waals surface area contributed by atoms with Gasteiger partial charge in [0.25, 0.3) is 0 Å². The highest BCUT2D eigenvalue weighted by atomic mass is 79.9. The van der Waals surface area contributed by atoms with Crippen LogP contribution in [0.15, 0.2) is 58.1 Å². The average molecular weight is 362 g/mol. The van der Waals surface area contributed by atoms with Gasteiger partial charge < -0.3 is 10.4 Å². The second-order valence-corrected chi connectivity index (χ2v) is 5.05. The monoisotopic (exact) mass is 361 g/mol. The number of aromatic hydroxyl groups is 1. The van der Waals surface area contributed by atoms with Crippen LogP contribution in [0.3, 0.4) is 0 Å². The van der Waals surface area contributed by atoms with Gasteiger partial charge in [-0.1, -0.05) is 24.3 Å². The molecule has 112 valence electrons. The Kier molecular flexibility index (Phi) is 5.26. The summed E-state index contributed by atoms with van der Waals surface area (Å²) in [5.74, 6) is -1.73. The molecular weight excluding hydrogens is 350 g/mol. The number of carbonyl (C=O) groups is 2. The van der Waals surface area contributed by atoms with Gasteiger partial charge in [-0.2, -0.15) is 5.10 Å². The molecule has 2 rings (SSSR count). The molecule has 0 radical (unpaired) electrons. The molecule has 0 atom stereocenters. The van der Waals surface area contributed by atoms with E-state index in [4.69, 9.17) is 0 Å². The second-order valence-electron chi connectivity index (χ2n) is 4.19. The number of para-hydroxylation sites is 2. The summed E-state index contributed by atoms with van der Waals surface area (Å²) in [6.45, 7) is 0. The molecule has 0 saturated heterocycles. The fourth-order valence-electron chi connectivity index (χ4n) is 1.55. The zero-order valence-corrected chi connectivity index (χ0v) is 12.9. The van der Waals surface area contributed by atoms with Crippen molar-refractivity contribution in [2.24, 2.45) is 5.10 Å². The zero-order chi connectivity index (χ0) is 15.9. The molecule has 22 heavy (non-hydrogen) atoms. The molecule has 2 aromatic carbocycles. The topological polar surface area (TPSA) is 90.8 Å². The van der Waals surface area contributed by atoms with Gasteiger partial charge in [-0.05, 0) is 40.2 Å². The minimum absolute atomic E-state index is 0.0261. The van der Waals surface area contributed by atoms with Crippen LogP contribution in [0.2, 0.25) is 0 Å². The Bertz CT molecular complexity index is 731. The Hall–Kier alpha value is -2.67. The Morgan fingerprint density at radius 1 is 1.05 bits per heavy atom. The van der Waals surface area contributed by atoms with Crippen molar-refractivity contribution >= 4 is 39.6 Å². The SMILES string of the molecule is O=C(NN=Cc1ccccc1O)C(=O)Nc1ccccc1Br. The summed E-state index contributed by atoms with van der Waals surface area (Å²) in [5, 5.41) is 15.6. The lowest BCUT2D eigenvalue weighted by Gasteiger charge is -2.05. The summed E-state index contributed by atoms with van der Waals surface area (Å²) in [6.07, 6.45) is 1.25. The van der Waals surface area contributed by atoms with Crippen LogP contribution in [0.25, 0.3) is 0 Å². The number of phenolic OH excluding ortho intramolecular Hbond substituents is 1. The number of hydrogen-bond acceptors (Lipinski definition) is 4. The lowest BCUT2D eigenvalue weighted by Crippen LogP contribution is -2.32. The van der Waals surface area contributed by atoms with E-state index in [1.54, 1.807) is 42.5 Å². The fraction of sp³-hybridized carbons (Fsp3) is 0. The van der Waals surface area contributed by atoms with Crippen LogP contribution in [-0.2, 0) is 9.59 Å². The molecule has 0 aliphatic carbocycles. The number of hydrazone groups is 1. The molecule has 0 unspecified atom stereocenters. The van der Waals surface area contributed by atoms with E-state index < -0.39 is 11.8 Å². The number of nitrogens with one attached hydrogen (secondary N) is 2. The van der Waals surface area contributed by atoms with Crippen molar-refractivity contribution < 1.29 is 14.7 Å². The quantitative estimate of drug-likeness (QED) is 0.444. The Labute approximate surface area is 135 Å². The van der Waals surface area contributed by atoms with Gasteiger partial charge in [0, 0.05) is 10.0 Å². The molecular formula is C15H12BrN3O3. The van der Waals surface area contributed by atoms with Gasteiger partial charge in [0.1, 0.15) is 5.75 Å². The summed E-state index contributed by atoms with van der Waals surface area (Å²) in [7, 11) is 0. The average Bonchev–Trinajstić information content (AvgIpc) is 2.51. The Morgan fingerprint density at radius 2 is 1.73 bits per heavy atom. The second kappa shape index (κ2) is 7.37. The van der Waals surface area contributed by atoms with Gasteiger partial charge >= 0.3 is 11.8 Å². The van der Waals surface area contributed by atoms with Gasteiger partial charge in [0.15, 0.2) is 0 Å². The van der Waals surface area contributed by atoms with E-state index in [1.807, 2.05) is 0 Å². The number of phenols is 1. The van der Waals surface area contributed by atoms with Gasteiger partial charge in [0.2, 0.25) is 0 Å². The van der Waals surface area contributed by atoms with Crippen molar-refractivity contribution in [2.75, 3.05) is 5.32 Å². The van der Waals surface area contributed by atoms with E-state index in [2.05, 4.69) is 31.8 Å². The van der Waals surface area contributed by atoms with Crippen molar-refractivity contribution in [1.82, 2.24) is 5.43 Å². The molecule has 3 N–H and O–H groups in total. The smallest absolute Gasteiger partial charge is 0.329 e. The first-order chi connectivity index (χ1) is 10.6. The standard InChI is InChI=1S/C15H12BrN3O3/c16-11-6-2-3-7-12(11)18-14(21)15(22)19-17-9-10-5-1-4-8-13(10)20/h1-9,20H,(H,18,21)(H,19,22). The number of hydrogen-bond donors (Lipinski definition) is 3. The van der Waals surface area contributed by atoms with Gasteiger partial charge in [-0.15, -0.1) is 0 Å². The van der Waals surface area contributed by atoms with E-state index in [9.17, 15) is 14.7 Å². The zero-order valence-electron chi connectivity index (χ0n) is 11.3. The highest BCUT2D eigenvalue weighted by molar-refractivity contribution is 9.10. The first-order valence-corrected chi connectivity index (χ1v) is 7.04. The summed E-state index contributed by atoms with van der Waals surface area (Å²) >= 11 is 3.26. The molecule has 0 aliphatic heterocycles. The third-order valence-electron chi connectivity index (χ3n) is 2.63. The molecule has 6 nitrogen and oxygen atoms in total. The van der Waals surface area contributed by atoms with E-state index >= 15 is 0 Å². The molecule has 0 aliphatic rings. The van der Waals surface area contributed by atoms with Crippen LogP contribution in [0, 0.1) is 0 Å².